The van der Waals surface area contributed by atoms with Gasteiger partial charge in [-0.25, -0.2) is 4.98 Å². The van der Waals surface area contributed by atoms with Gasteiger partial charge in [0.2, 0.25) is 0 Å². The molecule has 0 radical (unpaired) electrons. The minimum atomic E-state index is -0.331. The van der Waals surface area contributed by atoms with Gasteiger partial charge in [-0.2, -0.15) is 5.10 Å². The molecule has 0 atom stereocenters. The minimum Gasteiger partial charge on any atom is -0.345 e. The third-order valence-corrected chi connectivity index (χ3v) is 4.27. The fourth-order valence-corrected chi connectivity index (χ4v) is 2.93. The maximum atomic E-state index is 12.2. The van der Waals surface area contributed by atoms with Gasteiger partial charge in [-0.3, -0.25) is 14.7 Å². The number of aromatic amines is 2. The lowest BCUT2D eigenvalue weighted by molar-refractivity contribution is 0.0944. The minimum absolute atomic E-state index is 0.179. The van der Waals surface area contributed by atoms with Crippen molar-refractivity contribution in [3.05, 3.63) is 44.9 Å². The van der Waals surface area contributed by atoms with Crippen molar-refractivity contribution < 1.29 is 4.79 Å². The molecule has 1 saturated carbocycles. The van der Waals surface area contributed by atoms with Gasteiger partial charge in [0.15, 0.2) is 0 Å². The molecule has 0 bridgehead atoms. The smallest absolute Gasteiger partial charge is 0.270 e. The van der Waals surface area contributed by atoms with Gasteiger partial charge in [0, 0.05) is 17.7 Å². The van der Waals surface area contributed by atoms with Crippen molar-refractivity contribution in [3.8, 4) is 0 Å². The van der Waals surface area contributed by atoms with E-state index in [9.17, 15) is 9.59 Å². The van der Waals surface area contributed by atoms with Gasteiger partial charge in [0.05, 0.1) is 12.2 Å². The van der Waals surface area contributed by atoms with Crippen LogP contribution in [-0.2, 0) is 19.4 Å². The number of nitrogens with zero attached hydrogens (tertiary/aromatic N) is 2. The summed E-state index contributed by atoms with van der Waals surface area (Å²) in [7, 11) is 0. The number of carbonyl (C=O) groups is 1. The molecular weight excluding hydrogens is 282 g/mol. The Morgan fingerprint density at radius 3 is 3.05 bits per heavy atom. The second-order valence-corrected chi connectivity index (χ2v) is 5.95. The van der Waals surface area contributed by atoms with Gasteiger partial charge in [-0.15, -0.1) is 0 Å². The second-order valence-electron chi connectivity index (χ2n) is 5.95. The van der Waals surface area contributed by atoms with E-state index in [1.807, 2.05) is 0 Å². The van der Waals surface area contributed by atoms with Crippen LogP contribution in [0.1, 0.15) is 58.4 Å². The molecular formula is C15H17N5O2. The fraction of sp³-hybridized carbons (Fsp3) is 0.467. The first-order valence-electron chi connectivity index (χ1n) is 7.65. The van der Waals surface area contributed by atoms with E-state index in [2.05, 4.69) is 25.5 Å². The summed E-state index contributed by atoms with van der Waals surface area (Å²) in [5.74, 6) is 0.594. The molecule has 2 aliphatic carbocycles. The van der Waals surface area contributed by atoms with Crippen LogP contribution in [0.3, 0.4) is 0 Å². The average molecular weight is 299 g/mol. The van der Waals surface area contributed by atoms with Crippen LogP contribution >= 0.6 is 0 Å². The summed E-state index contributed by atoms with van der Waals surface area (Å²) in [5, 5.41) is 10.1. The summed E-state index contributed by atoms with van der Waals surface area (Å²) in [6, 6.07) is 1.25. The van der Waals surface area contributed by atoms with Gasteiger partial charge >= 0.3 is 0 Å². The number of aromatic nitrogens is 4. The van der Waals surface area contributed by atoms with Gasteiger partial charge < -0.3 is 10.3 Å². The van der Waals surface area contributed by atoms with Crippen molar-refractivity contribution in [1.82, 2.24) is 25.5 Å². The highest BCUT2D eigenvalue weighted by atomic mass is 16.2. The Hall–Kier alpha value is -2.44. The lowest BCUT2D eigenvalue weighted by Crippen LogP contribution is -2.27. The molecule has 7 nitrogen and oxygen atoms in total. The maximum Gasteiger partial charge on any atom is 0.270 e. The quantitative estimate of drug-likeness (QED) is 0.776. The standard InChI is InChI=1S/C15H17N5O2/c21-13-6-11(17-14(18-13)8-4-5-8)15(22)16-7-12-9-2-1-3-10(9)19-20-12/h6,8H,1-5,7H2,(H,16,22)(H,19,20)(H,17,18,21). The van der Waals surface area contributed by atoms with Gasteiger partial charge in [0.1, 0.15) is 11.5 Å². The molecule has 22 heavy (non-hydrogen) atoms. The lowest BCUT2D eigenvalue weighted by Gasteiger charge is -2.05. The molecule has 2 aromatic heterocycles. The number of rotatable bonds is 4. The number of H-pyrrole nitrogens is 2. The second kappa shape index (κ2) is 5.08. The Morgan fingerprint density at radius 1 is 1.36 bits per heavy atom. The highest BCUT2D eigenvalue weighted by molar-refractivity contribution is 5.92. The number of amides is 1. The van der Waals surface area contributed by atoms with Gasteiger partial charge in [-0.1, -0.05) is 0 Å². The Balaban J connectivity index is 1.49. The summed E-state index contributed by atoms with van der Waals surface area (Å²) in [4.78, 5) is 30.8. The zero-order valence-electron chi connectivity index (χ0n) is 12.1. The van der Waals surface area contributed by atoms with E-state index >= 15 is 0 Å². The van der Waals surface area contributed by atoms with Crippen LogP contribution in [-0.4, -0.2) is 26.1 Å². The van der Waals surface area contributed by atoms with Crippen LogP contribution in [0.4, 0.5) is 0 Å². The first kappa shape index (κ1) is 13.2. The maximum absolute atomic E-state index is 12.2. The lowest BCUT2D eigenvalue weighted by atomic mass is 10.2. The number of hydrogen-bond donors (Lipinski definition) is 3. The molecule has 7 heteroatoms. The Kier molecular flexibility index (Phi) is 3.06. The number of carbonyl (C=O) groups excluding carboxylic acids is 1. The fourth-order valence-electron chi connectivity index (χ4n) is 2.93. The zero-order chi connectivity index (χ0) is 15.1. The van der Waals surface area contributed by atoms with Crippen LogP contribution in [0.15, 0.2) is 10.9 Å². The van der Waals surface area contributed by atoms with E-state index in [1.54, 1.807) is 0 Å². The summed E-state index contributed by atoms with van der Waals surface area (Å²) >= 11 is 0. The summed E-state index contributed by atoms with van der Waals surface area (Å²) in [6.07, 6.45) is 5.20. The van der Waals surface area contributed by atoms with Crippen molar-refractivity contribution in [3.63, 3.8) is 0 Å². The number of nitrogens with one attached hydrogen (secondary N) is 3. The summed E-state index contributed by atoms with van der Waals surface area (Å²) in [5.41, 5.74) is 3.18. The number of fused-ring (bicyclic) bond motifs is 1. The highest BCUT2D eigenvalue weighted by Crippen LogP contribution is 2.37. The van der Waals surface area contributed by atoms with Crippen LogP contribution in [0.2, 0.25) is 0 Å². The predicted octanol–water partition coefficient (Wildman–Crippen LogP) is 0.789. The van der Waals surface area contributed by atoms with E-state index in [0.29, 0.717) is 18.3 Å². The monoisotopic (exact) mass is 299 g/mol. The van der Waals surface area contributed by atoms with Gasteiger partial charge in [0.25, 0.3) is 11.5 Å². The Morgan fingerprint density at radius 2 is 2.23 bits per heavy atom. The third-order valence-electron chi connectivity index (χ3n) is 4.27. The first-order valence-corrected chi connectivity index (χ1v) is 7.65. The van der Waals surface area contributed by atoms with Crippen LogP contribution < -0.4 is 10.9 Å². The van der Waals surface area contributed by atoms with E-state index < -0.39 is 0 Å². The zero-order valence-corrected chi connectivity index (χ0v) is 12.1. The molecule has 2 heterocycles. The van der Waals surface area contributed by atoms with Crippen molar-refractivity contribution in [2.75, 3.05) is 0 Å². The Labute approximate surface area is 126 Å². The van der Waals surface area contributed by atoms with E-state index in [1.165, 1.54) is 17.3 Å². The number of aryl methyl sites for hydroxylation is 1. The number of hydrogen-bond acceptors (Lipinski definition) is 4. The van der Waals surface area contributed by atoms with Crippen molar-refractivity contribution in [1.29, 1.82) is 0 Å². The molecule has 4 rings (SSSR count). The molecule has 0 saturated heterocycles. The molecule has 0 aliphatic heterocycles. The molecule has 2 aliphatic rings. The third kappa shape index (κ3) is 2.43. The molecule has 3 N–H and O–H groups in total. The van der Waals surface area contributed by atoms with E-state index in [-0.39, 0.29) is 17.2 Å². The molecule has 114 valence electrons. The van der Waals surface area contributed by atoms with Crippen molar-refractivity contribution in [2.24, 2.45) is 0 Å². The first-order chi connectivity index (χ1) is 10.7. The molecule has 0 unspecified atom stereocenters. The highest BCUT2D eigenvalue weighted by Gasteiger charge is 2.27. The van der Waals surface area contributed by atoms with E-state index in [4.69, 9.17) is 0 Å². The topological polar surface area (TPSA) is 104 Å². The SMILES string of the molecule is O=C(NCc1n[nH]c2c1CCC2)c1cc(=O)[nH]c(C2CC2)n1. The predicted molar refractivity (Wildman–Crippen MR) is 78.6 cm³/mol. The normalized spacial score (nSPS) is 16.5. The van der Waals surface area contributed by atoms with Crippen LogP contribution in [0.25, 0.3) is 0 Å². The summed E-state index contributed by atoms with van der Waals surface area (Å²) in [6.45, 7) is 0.359. The molecule has 0 spiro atoms. The molecule has 1 fully saturated rings. The average Bonchev–Trinajstić information content (AvgIpc) is 3.13. The van der Waals surface area contributed by atoms with Crippen LogP contribution in [0.5, 0.6) is 0 Å². The van der Waals surface area contributed by atoms with Gasteiger partial charge in [-0.05, 0) is 37.7 Å². The summed E-state index contributed by atoms with van der Waals surface area (Å²) < 4.78 is 0. The van der Waals surface area contributed by atoms with Crippen LogP contribution in [0, 0.1) is 0 Å². The van der Waals surface area contributed by atoms with Crippen molar-refractivity contribution in [2.45, 2.75) is 44.6 Å². The molecule has 0 aromatic carbocycles. The van der Waals surface area contributed by atoms with E-state index in [0.717, 1.165) is 37.8 Å². The van der Waals surface area contributed by atoms with Crippen molar-refractivity contribution >= 4 is 5.91 Å². The Bertz CT molecular complexity index is 787. The molecule has 1 amide bonds. The molecule has 2 aromatic rings. The largest absolute Gasteiger partial charge is 0.345 e.